The molecule has 3 aliphatic rings. The molecular formula is C17H30N2O. The number of nitrogens with zero attached hydrogens (tertiary/aromatic N) is 1. The standard InChI is InChI=1S/C17H30N2O/c1-12-7-9-14(10-8-12)11-19-16(15-5-3-4-6-15)18-13(2)17(19)20/h12-16,18H,3-11H2,1-2H3. The summed E-state index contributed by atoms with van der Waals surface area (Å²) in [7, 11) is 0. The van der Waals surface area contributed by atoms with Crippen molar-refractivity contribution in [1.82, 2.24) is 10.2 Å². The summed E-state index contributed by atoms with van der Waals surface area (Å²) in [6, 6.07) is 0.0307. The number of carbonyl (C=O) groups excluding carboxylic acids is 1. The van der Waals surface area contributed by atoms with E-state index in [2.05, 4.69) is 17.1 Å². The van der Waals surface area contributed by atoms with Gasteiger partial charge in [0.05, 0.1) is 12.2 Å². The lowest BCUT2D eigenvalue weighted by Gasteiger charge is -2.34. The molecule has 1 saturated heterocycles. The summed E-state index contributed by atoms with van der Waals surface area (Å²) >= 11 is 0. The lowest BCUT2D eigenvalue weighted by molar-refractivity contribution is -0.131. The van der Waals surface area contributed by atoms with Gasteiger partial charge in [-0.15, -0.1) is 0 Å². The van der Waals surface area contributed by atoms with Crippen LogP contribution >= 0.6 is 0 Å². The summed E-state index contributed by atoms with van der Waals surface area (Å²) in [6.45, 7) is 5.40. The van der Waals surface area contributed by atoms with Crippen molar-refractivity contribution in [3.8, 4) is 0 Å². The Balaban J connectivity index is 1.63. The van der Waals surface area contributed by atoms with Crippen molar-refractivity contribution < 1.29 is 4.79 Å². The van der Waals surface area contributed by atoms with Crippen LogP contribution in [0, 0.1) is 17.8 Å². The Morgan fingerprint density at radius 1 is 1.05 bits per heavy atom. The molecule has 2 atom stereocenters. The molecule has 1 N–H and O–H groups in total. The topological polar surface area (TPSA) is 32.3 Å². The van der Waals surface area contributed by atoms with Crippen LogP contribution in [0.3, 0.4) is 0 Å². The normalized spacial score (nSPS) is 39.7. The Labute approximate surface area is 123 Å². The molecule has 0 radical (unpaired) electrons. The molecule has 0 aromatic carbocycles. The first kappa shape index (κ1) is 14.4. The molecule has 20 heavy (non-hydrogen) atoms. The highest BCUT2D eigenvalue weighted by atomic mass is 16.2. The van der Waals surface area contributed by atoms with Crippen LogP contribution in [0.15, 0.2) is 0 Å². The second-order valence-electron chi connectivity index (χ2n) is 7.49. The average Bonchev–Trinajstić information content (AvgIpc) is 3.05. The van der Waals surface area contributed by atoms with Gasteiger partial charge in [-0.2, -0.15) is 0 Å². The fourth-order valence-electron chi connectivity index (χ4n) is 4.46. The average molecular weight is 278 g/mol. The molecule has 3 heteroatoms. The van der Waals surface area contributed by atoms with Crippen LogP contribution in [-0.2, 0) is 4.79 Å². The van der Waals surface area contributed by atoms with E-state index in [9.17, 15) is 4.79 Å². The van der Waals surface area contributed by atoms with Gasteiger partial charge in [-0.3, -0.25) is 10.1 Å². The maximum atomic E-state index is 12.5. The van der Waals surface area contributed by atoms with E-state index in [0.717, 1.165) is 18.4 Å². The summed E-state index contributed by atoms with van der Waals surface area (Å²) < 4.78 is 0. The third-order valence-electron chi connectivity index (χ3n) is 5.85. The van der Waals surface area contributed by atoms with Gasteiger partial charge in [-0.05, 0) is 50.4 Å². The van der Waals surface area contributed by atoms with Crippen molar-refractivity contribution in [3.05, 3.63) is 0 Å². The number of nitrogens with one attached hydrogen (secondary N) is 1. The molecule has 114 valence electrons. The van der Waals surface area contributed by atoms with Gasteiger partial charge in [0.25, 0.3) is 0 Å². The molecule has 1 amide bonds. The van der Waals surface area contributed by atoms with Crippen LogP contribution in [-0.4, -0.2) is 29.6 Å². The maximum absolute atomic E-state index is 12.5. The van der Waals surface area contributed by atoms with E-state index < -0.39 is 0 Å². The van der Waals surface area contributed by atoms with Gasteiger partial charge < -0.3 is 4.90 Å². The van der Waals surface area contributed by atoms with E-state index >= 15 is 0 Å². The Kier molecular flexibility index (Phi) is 4.34. The number of rotatable bonds is 3. The number of carbonyl (C=O) groups is 1. The van der Waals surface area contributed by atoms with Crippen LogP contribution in [0.5, 0.6) is 0 Å². The SMILES string of the molecule is CC1CCC(CN2C(=O)C(C)NC2C2CCCC2)CC1. The lowest BCUT2D eigenvalue weighted by Crippen LogP contribution is -2.45. The van der Waals surface area contributed by atoms with Crippen molar-refractivity contribution in [2.45, 2.75) is 77.4 Å². The molecular weight excluding hydrogens is 248 g/mol. The summed E-state index contributed by atoms with van der Waals surface area (Å²) in [5, 5.41) is 3.57. The summed E-state index contributed by atoms with van der Waals surface area (Å²) in [6.07, 6.45) is 11.0. The van der Waals surface area contributed by atoms with E-state index in [4.69, 9.17) is 0 Å². The first-order valence-electron chi connectivity index (χ1n) is 8.71. The minimum absolute atomic E-state index is 0.0307. The first-order chi connectivity index (χ1) is 9.65. The predicted octanol–water partition coefficient (Wildman–Crippen LogP) is 3.15. The maximum Gasteiger partial charge on any atom is 0.240 e. The fraction of sp³-hybridized carbons (Fsp3) is 0.941. The molecule has 1 aliphatic heterocycles. The molecule has 2 saturated carbocycles. The molecule has 0 spiro atoms. The molecule has 0 aromatic heterocycles. The Morgan fingerprint density at radius 3 is 2.35 bits per heavy atom. The third-order valence-corrected chi connectivity index (χ3v) is 5.85. The van der Waals surface area contributed by atoms with Gasteiger partial charge in [0.15, 0.2) is 0 Å². The zero-order chi connectivity index (χ0) is 14.1. The molecule has 0 bridgehead atoms. The molecule has 2 unspecified atom stereocenters. The molecule has 2 aliphatic carbocycles. The van der Waals surface area contributed by atoms with E-state index in [-0.39, 0.29) is 6.04 Å². The minimum Gasteiger partial charge on any atom is -0.325 e. The highest BCUT2D eigenvalue weighted by Crippen LogP contribution is 2.34. The van der Waals surface area contributed by atoms with Crippen LogP contribution in [0.25, 0.3) is 0 Å². The fourth-order valence-corrected chi connectivity index (χ4v) is 4.46. The second kappa shape index (κ2) is 6.05. The molecule has 1 heterocycles. The van der Waals surface area contributed by atoms with Gasteiger partial charge in [0, 0.05) is 6.54 Å². The smallest absolute Gasteiger partial charge is 0.240 e. The highest BCUT2D eigenvalue weighted by Gasteiger charge is 2.42. The number of amides is 1. The Morgan fingerprint density at radius 2 is 1.70 bits per heavy atom. The summed E-state index contributed by atoms with van der Waals surface area (Å²) in [5.41, 5.74) is 0. The van der Waals surface area contributed by atoms with E-state index in [1.165, 1.54) is 51.4 Å². The molecule has 3 rings (SSSR count). The van der Waals surface area contributed by atoms with Crippen LogP contribution < -0.4 is 5.32 Å². The van der Waals surface area contributed by atoms with Crippen molar-refractivity contribution in [2.75, 3.05) is 6.54 Å². The monoisotopic (exact) mass is 278 g/mol. The third kappa shape index (κ3) is 2.88. The highest BCUT2D eigenvalue weighted by molar-refractivity contribution is 5.84. The van der Waals surface area contributed by atoms with Gasteiger partial charge in [0.1, 0.15) is 0 Å². The van der Waals surface area contributed by atoms with Crippen LogP contribution in [0.1, 0.15) is 65.2 Å². The van der Waals surface area contributed by atoms with E-state index in [1.54, 1.807) is 0 Å². The van der Waals surface area contributed by atoms with Crippen molar-refractivity contribution >= 4 is 5.91 Å². The predicted molar refractivity (Wildman–Crippen MR) is 81.2 cm³/mol. The molecule has 3 fully saturated rings. The molecule has 0 aromatic rings. The quantitative estimate of drug-likeness (QED) is 0.860. The lowest BCUT2D eigenvalue weighted by atomic mass is 9.82. The van der Waals surface area contributed by atoms with Crippen molar-refractivity contribution in [1.29, 1.82) is 0 Å². The zero-order valence-electron chi connectivity index (χ0n) is 13.1. The number of hydrogen-bond acceptors (Lipinski definition) is 2. The van der Waals surface area contributed by atoms with Crippen molar-refractivity contribution in [3.63, 3.8) is 0 Å². The first-order valence-corrected chi connectivity index (χ1v) is 8.71. The summed E-state index contributed by atoms with van der Waals surface area (Å²) in [5.74, 6) is 2.68. The van der Waals surface area contributed by atoms with Crippen molar-refractivity contribution in [2.24, 2.45) is 17.8 Å². The van der Waals surface area contributed by atoms with Gasteiger partial charge >= 0.3 is 0 Å². The Bertz CT molecular complexity index is 343. The largest absolute Gasteiger partial charge is 0.325 e. The van der Waals surface area contributed by atoms with E-state index in [1.807, 2.05) is 6.92 Å². The zero-order valence-corrected chi connectivity index (χ0v) is 13.1. The molecule has 3 nitrogen and oxygen atoms in total. The number of hydrogen-bond donors (Lipinski definition) is 1. The van der Waals surface area contributed by atoms with Gasteiger partial charge in [-0.25, -0.2) is 0 Å². The van der Waals surface area contributed by atoms with Gasteiger partial charge in [-0.1, -0.05) is 32.6 Å². The van der Waals surface area contributed by atoms with Crippen LogP contribution in [0.4, 0.5) is 0 Å². The second-order valence-corrected chi connectivity index (χ2v) is 7.49. The van der Waals surface area contributed by atoms with Crippen LogP contribution in [0.2, 0.25) is 0 Å². The van der Waals surface area contributed by atoms with E-state index in [0.29, 0.717) is 18.0 Å². The van der Waals surface area contributed by atoms with Gasteiger partial charge in [0.2, 0.25) is 5.91 Å². The minimum atomic E-state index is 0.0307. The summed E-state index contributed by atoms with van der Waals surface area (Å²) in [4.78, 5) is 14.7. The Hall–Kier alpha value is -0.570.